The zero-order valence-electron chi connectivity index (χ0n) is 15.6. The van der Waals surface area contributed by atoms with E-state index >= 15 is 0 Å². The number of fused-ring (bicyclic) bond motifs is 1. The lowest BCUT2D eigenvalue weighted by molar-refractivity contribution is -0.137. The molecule has 3 N–H and O–H groups in total. The molecule has 3 heterocycles. The molecule has 1 atom stereocenters. The van der Waals surface area contributed by atoms with E-state index < -0.39 is 35.2 Å². The second-order valence-corrected chi connectivity index (χ2v) is 6.51. The van der Waals surface area contributed by atoms with E-state index in [4.69, 9.17) is 10.5 Å². The summed E-state index contributed by atoms with van der Waals surface area (Å²) in [6, 6.07) is 2.74. The normalized spacial score (nSPS) is 16.9. The van der Waals surface area contributed by atoms with Gasteiger partial charge >= 0.3 is 12.1 Å². The van der Waals surface area contributed by atoms with E-state index in [0.717, 1.165) is 29.9 Å². The summed E-state index contributed by atoms with van der Waals surface area (Å²) in [4.78, 5) is 25.3. The van der Waals surface area contributed by atoms with Crippen LogP contribution in [0.3, 0.4) is 0 Å². The third-order valence-corrected chi connectivity index (χ3v) is 4.72. The number of nitrogen functional groups attached to an aromatic ring is 1. The highest BCUT2D eigenvalue weighted by Gasteiger charge is 2.32. The number of halogens is 3. The van der Waals surface area contributed by atoms with Crippen molar-refractivity contribution in [1.82, 2.24) is 19.7 Å². The van der Waals surface area contributed by atoms with Crippen molar-refractivity contribution in [3.05, 3.63) is 52.1 Å². The van der Waals surface area contributed by atoms with Crippen LogP contribution in [0.5, 0.6) is 0 Å². The van der Waals surface area contributed by atoms with E-state index in [1.165, 1.54) is 17.1 Å². The Morgan fingerprint density at radius 3 is 2.80 bits per heavy atom. The van der Waals surface area contributed by atoms with E-state index in [1.807, 2.05) is 0 Å². The summed E-state index contributed by atoms with van der Waals surface area (Å²) in [5.41, 5.74) is 3.33. The Morgan fingerprint density at radius 1 is 1.40 bits per heavy atom. The first-order valence-electron chi connectivity index (χ1n) is 8.75. The topological polar surface area (TPSA) is 113 Å². The number of carbonyl (C=O) groups is 1. The highest BCUT2D eigenvalue weighted by molar-refractivity contribution is 6.04. The summed E-state index contributed by atoms with van der Waals surface area (Å²) in [7, 11) is 1.07. The van der Waals surface area contributed by atoms with Crippen LogP contribution >= 0.6 is 0 Å². The van der Waals surface area contributed by atoms with Crippen LogP contribution in [0.4, 0.5) is 18.9 Å². The van der Waals surface area contributed by atoms with E-state index in [9.17, 15) is 22.8 Å². The van der Waals surface area contributed by atoms with Gasteiger partial charge in [0.1, 0.15) is 5.56 Å². The largest absolute Gasteiger partial charge is 0.465 e. The molecule has 1 aromatic carbocycles. The number of alkyl halides is 3. The van der Waals surface area contributed by atoms with Crippen LogP contribution < -0.4 is 16.6 Å². The van der Waals surface area contributed by atoms with Crippen LogP contribution in [0.1, 0.15) is 22.3 Å². The van der Waals surface area contributed by atoms with E-state index in [0.29, 0.717) is 13.2 Å². The lowest BCUT2D eigenvalue weighted by atomic mass is 10.1. The summed E-state index contributed by atoms with van der Waals surface area (Å²) in [5, 5.41) is 7.21. The van der Waals surface area contributed by atoms with E-state index in [1.54, 1.807) is 0 Å². The Hall–Kier alpha value is -3.38. The molecule has 3 aromatic rings. The number of aromatic nitrogens is 3. The Balaban J connectivity index is 2.02. The predicted octanol–water partition coefficient (Wildman–Crippen LogP) is 1.65. The average Bonchev–Trinajstić information content (AvgIpc) is 3.38. The number of rotatable bonds is 3. The second-order valence-electron chi connectivity index (χ2n) is 6.51. The number of pyridine rings is 1. The highest BCUT2D eigenvalue weighted by atomic mass is 19.4. The molecule has 1 fully saturated rings. The maximum atomic E-state index is 13.3. The van der Waals surface area contributed by atoms with Crippen molar-refractivity contribution in [3.8, 4) is 5.69 Å². The first-order chi connectivity index (χ1) is 14.2. The predicted molar refractivity (Wildman–Crippen MR) is 99.1 cm³/mol. The van der Waals surface area contributed by atoms with E-state index in [2.05, 4.69) is 15.2 Å². The molecule has 1 unspecified atom stereocenters. The summed E-state index contributed by atoms with van der Waals surface area (Å²) >= 11 is 0. The summed E-state index contributed by atoms with van der Waals surface area (Å²) in [6.07, 6.45) is -2.53. The number of methoxy groups -OCH3 is 1. The van der Waals surface area contributed by atoms with Gasteiger partial charge in [0.25, 0.3) is 5.56 Å². The molecular weight excluding hydrogens is 407 g/mol. The third-order valence-electron chi connectivity index (χ3n) is 4.72. The van der Waals surface area contributed by atoms with Gasteiger partial charge in [-0.2, -0.15) is 18.3 Å². The average molecular weight is 423 g/mol. The van der Waals surface area contributed by atoms with Crippen molar-refractivity contribution < 1.29 is 27.4 Å². The van der Waals surface area contributed by atoms with Gasteiger partial charge in [0.15, 0.2) is 0 Å². The number of nitrogens with two attached hydrogens (primary N) is 1. The van der Waals surface area contributed by atoms with Gasteiger partial charge in [0.2, 0.25) is 6.35 Å². The fourth-order valence-corrected chi connectivity index (χ4v) is 3.30. The fourth-order valence-electron chi connectivity index (χ4n) is 3.30. The molecule has 9 nitrogen and oxygen atoms in total. The zero-order chi connectivity index (χ0) is 21.6. The quantitative estimate of drug-likeness (QED) is 0.616. The van der Waals surface area contributed by atoms with Crippen LogP contribution in [-0.4, -0.2) is 40.6 Å². The van der Waals surface area contributed by atoms with Crippen molar-refractivity contribution in [3.63, 3.8) is 0 Å². The van der Waals surface area contributed by atoms with Gasteiger partial charge in [-0.3, -0.25) is 14.7 Å². The molecule has 4 rings (SSSR count). The Kier molecular flexibility index (Phi) is 4.74. The SMILES string of the molecule is COC(=O)c1c(N)c2ccc(C(F)(F)F)cc2n(-c2cnn(C3NCCO3)c2)c1=O. The Bertz CT molecular complexity index is 1190. The summed E-state index contributed by atoms with van der Waals surface area (Å²) in [6.45, 7) is 1.04. The fraction of sp³-hybridized carbons (Fsp3) is 0.278. The molecular formula is C18H16F3N5O4. The maximum absolute atomic E-state index is 13.3. The monoisotopic (exact) mass is 423 g/mol. The number of esters is 1. The lowest BCUT2D eigenvalue weighted by Gasteiger charge is -2.16. The first-order valence-corrected chi connectivity index (χ1v) is 8.75. The standard InChI is InChI=1S/C18H16F3N5O4/c1-29-16(28)13-14(22)11-3-2-9(18(19,20)21)6-12(11)26(15(13)27)10-7-24-25(8-10)17-23-4-5-30-17/h2-3,6-8,17,23H,4-5,22H2,1H3. The summed E-state index contributed by atoms with van der Waals surface area (Å²) in [5.74, 6) is -0.999. The Morgan fingerprint density at radius 2 is 2.17 bits per heavy atom. The number of nitrogens with one attached hydrogen (secondary N) is 1. The van der Waals surface area contributed by atoms with Crippen molar-refractivity contribution in [1.29, 1.82) is 0 Å². The molecule has 158 valence electrons. The first kappa shape index (κ1) is 19.9. The third kappa shape index (κ3) is 3.19. The number of nitrogens with zero attached hydrogens (tertiary/aromatic N) is 3. The minimum Gasteiger partial charge on any atom is -0.465 e. The number of benzene rings is 1. The molecule has 0 bridgehead atoms. The Labute approximate surface area is 166 Å². The molecule has 0 amide bonds. The van der Waals surface area contributed by atoms with E-state index in [-0.39, 0.29) is 22.3 Å². The van der Waals surface area contributed by atoms with Crippen LogP contribution in [0.25, 0.3) is 16.6 Å². The zero-order valence-corrected chi connectivity index (χ0v) is 15.6. The number of ether oxygens (including phenoxy) is 2. The van der Waals surface area contributed by atoms with Crippen molar-refractivity contribution >= 4 is 22.6 Å². The molecule has 1 aliphatic heterocycles. The number of anilines is 1. The van der Waals surface area contributed by atoms with Gasteiger partial charge in [-0.15, -0.1) is 0 Å². The molecule has 0 radical (unpaired) electrons. The van der Waals surface area contributed by atoms with Crippen molar-refractivity contribution in [2.24, 2.45) is 0 Å². The van der Waals surface area contributed by atoms with Gasteiger partial charge in [0.05, 0.1) is 48.6 Å². The lowest BCUT2D eigenvalue weighted by Crippen LogP contribution is -2.28. The second kappa shape index (κ2) is 7.15. The number of carbonyl (C=O) groups excluding carboxylic acids is 1. The smallest absolute Gasteiger partial charge is 0.416 e. The van der Waals surface area contributed by atoms with Crippen LogP contribution in [-0.2, 0) is 15.7 Å². The molecule has 0 aliphatic carbocycles. The van der Waals surface area contributed by atoms with Gasteiger partial charge in [0, 0.05) is 11.9 Å². The molecule has 30 heavy (non-hydrogen) atoms. The van der Waals surface area contributed by atoms with Crippen molar-refractivity contribution in [2.45, 2.75) is 12.5 Å². The summed E-state index contributed by atoms with van der Waals surface area (Å²) < 4.78 is 52.3. The molecule has 2 aromatic heterocycles. The maximum Gasteiger partial charge on any atom is 0.416 e. The molecule has 12 heteroatoms. The van der Waals surface area contributed by atoms with Crippen molar-refractivity contribution in [2.75, 3.05) is 26.0 Å². The highest BCUT2D eigenvalue weighted by Crippen LogP contribution is 2.34. The molecule has 1 saturated heterocycles. The van der Waals surface area contributed by atoms with Gasteiger partial charge in [-0.05, 0) is 12.1 Å². The molecule has 0 saturated carbocycles. The minimum atomic E-state index is -4.64. The minimum absolute atomic E-state index is 0.0889. The number of hydrogen-bond acceptors (Lipinski definition) is 7. The molecule has 1 aliphatic rings. The van der Waals surface area contributed by atoms with Gasteiger partial charge in [-0.25, -0.2) is 9.48 Å². The number of hydrogen-bond donors (Lipinski definition) is 2. The van der Waals surface area contributed by atoms with Crippen LogP contribution in [0.15, 0.2) is 35.4 Å². The molecule has 0 spiro atoms. The van der Waals surface area contributed by atoms with Gasteiger partial charge < -0.3 is 15.2 Å². The van der Waals surface area contributed by atoms with Crippen LogP contribution in [0.2, 0.25) is 0 Å². The van der Waals surface area contributed by atoms with Crippen LogP contribution in [0, 0.1) is 0 Å². The van der Waals surface area contributed by atoms with Gasteiger partial charge in [-0.1, -0.05) is 6.07 Å².